The molecule has 2 atom stereocenters. The van der Waals surface area contributed by atoms with E-state index in [0.717, 1.165) is 12.8 Å². The largest absolute Gasteiger partial charge is 0.480 e. The van der Waals surface area contributed by atoms with Gasteiger partial charge in [-0.25, -0.2) is 0 Å². The van der Waals surface area contributed by atoms with Gasteiger partial charge in [0.15, 0.2) is 0 Å². The Morgan fingerprint density at radius 3 is 2.91 bits per heavy atom. The van der Waals surface area contributed by atoms with Crippen molar-refractivity contribution in [3.8, 4) is 0 Å². The average molecular weight is 155 g/mol. The molecule has 3 heteroatoms. The minimum Gasteiger partial charge on any atom is -0.480 e. The van der Waals surface area contributed by atoms with E-state index in [4.69, 9.17) is 10.8 Å². The Morgan fingerprint density at radius 2 is 2.55 bits per heavy atom. The quantitative estimate of drug-likeness (QED) is 0.589. The second kappa shape index (κ2) is 2.66. The summed E-state index contributed by atoms with van der Waals surface area (Å²) < 4.78 is 0. The first-order valence-corrected chi connectivity index (χ1v) is 3.74. The lowest BCUT2D eigenvalue weighted by Gasteiger charge is -2.02. The molecule has 0 spiro atoms. The lowest BCUT2D eigenvalue weighted by Crippen LogP contribution is -2.35. The molecular weight excluding hydrogens is 142 g/mol. The zero-order chi connectivity index (χ0) is 8.48. The lowest BCUT2D eigenvalue weighted by molar-refractivity contribution is -0.140. The number of carbonyl (C=O) groups is 1. The van der Waals surface area contributed by atoms with Gasteiger partial charge in [0.05, 0.1) is 0 Å². The fourth-order valence-electron chi connectivity index (χ4n) is 1.29. The number of allylic oxidation sites excluding steroid dienone is 1. The molecule has 0 unspecified atom stereocenters. The van der Waals surface area contributed by atoms with E-state index in [9.17, 15) is 4.79 Å². The van der Waals surface area contributed by atoms with Crippen molar-refractivity contribution < 1.29 is 9.90 Å². The van der Waals surface area contributed by atoms with Crippen LogP contribution in [0.1, 0.15) is 19.3 Å². The minimum absolute atomic E-state index is 0.165. The van der Waals surface area contributed by atoms with Gasteiger partial charge >= 0.3 is 5.97 Å². The second-order valence-electron chi connectivity index (χ2n) is 3.11. The Balaban J connectivity index is 2.34. The van der Waals surface area contributed by atoms with Crippen molar-refractivity contribution >= 4 is 5.97 Å². The molecule has 1 aliphatic carbocycles. The molecule has 11 heavy (non-hydrogen) atoms. The fourth-order valence-corrected chi connectivity index (χ4v) is 1.29. The van der Waals surface area contributed by atoms with Crippen LogP contribution in [0.3, 0.4) is 0 Å². The highest BCUT2D eigenvalue weighted by Crippen LogP contribution is 2.44. The van der Waals surface area contributed by atoms with Crippen molar-refractivity contribution in [1.82, 2.24) is 0 Å². The summed E-state index contributed by atoms with van der Waals surface area (Å²) in [4.78, 5) is 10.5. The highest BCUT2D eigenvalue weighted by atomic mass is 16.4. The third-order valence-corrected chi connectivity index (χ3v) is 2.27. The first kappa shape index (κ1) is 8.27. The third-order valence-electron chi connectivity index (χ3n) is 2.27. The Bertz CT molecular complexity index is 191. The summed E-state index contributed by atoms with van der Waals surface area (Å²) in [5.74, 6) is -0.704. The molecule has 0 aromatic rings. The maximum absolute atomic E-state index is 10.5. The van der Waals surface area contributed by atoms with Crippen LogP contribution < -0.4 is 5.73 Å². The van der Waals surface area contributed by atoms with E-state index in [1.54, 1.807) is 6.08 Å². The number of carboxylic acids is 1. The van der Waals surface area contributed by atoms with E-state index in [0.29, 0.717) is 6.42 Å². The molecule has 1 saturated carbocycles. The topological polar surface area (TPSA) is 63.3 Å². The molecule has 1 rings (SSSR count). The SMILES string of the molecule is C=CCC[C@@H]1C[C@]1(N)C(=O)O. The lowest BCUT2D eigenvalue weighted by atomic mass is 10.1. The fraction of sp³-hybridized carbons (Fsp3) is 0.625. The van der Waals surface area contributed by atoms with Gasteiger partial charge in [-0.05, 0) is 25.2 Å². The summed E-state index contributed by atoms with van der Waals surface area (Å²) in [5.41, 5.74) is 4.63. The third kappa shape index (κ3) is 1.43. The van der Waals surface area contributed by atoms with Gasteiger partial charge in [0.25, 0.3) is 0 Å². The standard InChI is InChI=1S/C8H13NO2/c1-2-3-4-6-5-8(6,9)7(10)11/h2,6H,1,3-5,9H2,(H,10,11)/t6-,8-/m1/s1. The highest BCUT2D eigenvalue weighted by Gasteiger charge is 2.56. The van der Waals surface area contributed by atoms with Crippen LogP contribution in [-0.2, 0) is 4.79 Å². The monoisotopic (exact) mass is 155 g/mol. The maximum atomic E-state index is 10.5. The second-order valence-corrected chi connectivity index (χ2v) is 3.11. The molecule has 3 nitrogen and oxygen atoms in total. The molecule has 0 bridgehead atoms. The Hall–Kier alpha value is -0.830. The van der Waals surface area contributed by atoms with Crippen molar-refractivity contribution in [2.75, 3.05) is 0 Å². The maximum Gasteiger partial charge on any atom is 0.323 e. The smallest absolute Gasteiger partial charge is 0.323 e. The zero-order valence-corrected chi connectivity index (χ0v) is 6.42. The summed E-state index contributed by atoms with van der Waals surface area (Å²) in [6.45, 7) is 3.56. The van der Waals surface area contributed by atoms with Gasteiger partial charge in [-0.3, -0.25) is 4.79 Å². The van der Waals surface area contributed by atoms with Crippen LogP contribution in [0, 0.1) is 5.92 Å². The number of carboxylic acid groups (broad SMARTS) is 1. The molecule has 0 aromatic carbocycles. The van der Waals surface area contributed by atoms with Gasteiger partial charge in [0, 0.05) is 0 Å². The summed E-state index contributed by atoms with van der Waals surface area (Å²) in [6.07, 6.45) is 4.12. The molecule has 0 aromatic heterocycles. The predicted molar refractivity (Wildman–Crippen MR) is 42.1 cm³/mol. The number of hydrogen-bond donors (Lipinski definition) is 2. The van der Waals surface area contributed by atoms with Crippen LogP contribution in [0.15, 0.2) is 12.7 Å². The van der Waals surface area contributed by atoms with Crippen LogP contribution in [0.4, 0.5) is 0 Å². The number of nitrogens with two attached hydrogens (primary N) is 1. The predicted octanol–water partition coefficient (Wildman–Crippen LogP) is 0.755. The van der Waals surface area contributed by atoms with Gasteiger partial charge in [0.2, 0.25) is 0 Å². The highest BCUT2D eigenvalue weighted by molar-refractivity contribution is 5.82. The van der Waals surface area contributed by atoms with E-state index < -0.39 is 11.5 Å². The summed E-state index contributed by atoms with van der Waals surface area (Å²) >= 11 is 0. The molecule has 62 valence electrons. The summed E-state index contributed by atoms with van der Waals surface area (Å²) in [7, 11) is 0. The van der Waals surface area contributed by atoms with E-state index in [1.165, 1.54) is 0 Å². The van der Waals surface area contributed by atoms with Crippen molar-refractivity contribution in [2.24, 2.45) is 11.7 Å². The van der Waals surface area contributed by atoms with Crippen LogP contribution in [0.5, 0.6) is 0 Å². The van der Waals surface area contributed by atoms with Crippen LogP contribution in [0.2, 0.25) is 0 Å². The van der Waals surface area contributed by atoms with Gasteiger partial charge in [-0.2, -0.15) is 0 Å². The molecule has 0 aliphatic heterocycles. The van der Waals surface area contributed by atoms with Crippen molar-refractivity contribution in [3.63, 3.8) is 0 Å². The first-order chi connectivity index (χ1) is 5.11. The number of aliphatic carboxylic acids is 1. The van der Waals surface area contributed by atoms with Crippen molar-refractivity contribution in [2.45, 2.75) is 24.8 Å². The normalized spacial score (nSPS) is 34.8. The van der Waals surface area contributed by atoms with Gasteiger partial charge in [0.1, 0.15) is 5.54 Å². The van der Waals surface area contributed by atoms with Crippen LogP contribution in [0.25, 0.3) is 0 Å². The van der Waals surface area contributed by atoms with Gasteiger partial charge in [-0.15, -0.1) is 6.58 Å². The van der Waals surface area contributed by atoms with E-state index in [-0.39, 0.29) is 5.92 Å². The summed E-state index contributed by atoms with van der Waals surface area (Å²) in [5, 5.41) is 8.63. The van der Waals surface area contributed by atoms with E-state index in [1.807, 2.05) is 0 Å². The molecule has 0 heterocycles. The molecule has 0 saturated heterocycles. The number of hydrogen-bond acceptors (Lipinski definition) is 2. The number of rotatable bonds is 4. The molecule has 1 fully saturated rings. The van der Waals surface area contributed by atoms with Crippen LogP contribution >= 0.6 is 0 Å². The molecule has 3 N–H and O–H groups in total. The van der Waals surface area contributed by atoms with Crippen molar-refractivity contribution in [3.05, 3.63) is 12.7 Å². The molecular formula is C8H13NO2. The molecule has 0 radical (unpaired) electrons. The zero-order valence-electron chi connectivity index (χ0n) is 6.42. The minimum atomic E-state index is -0.914. The molecule has 1 aliphatic rings. The van der Waals surface area contributed by atoms with Crippen molar-refractivity contribution in [1.29, 1.82) is 0 Å². The van der Waals surface area contributed by atoms with E-state index in [2.05, 4.69) is 6.58 Å². The van der Waals surface area contributed by atoms with Crippen LogP contribution in [-0.4, -0.2) is 16.6 Å². The Kier molecular flexibility index (Phi) is 2.00. The van der Waals surface area contributed by atoms with Gasteiger partial charge in [-0.1, -0.05) is 6.08 Å². The Morgan fingerprint density at radius 1 is 1.91 bits per heavy atom. The van der Waals surface area contributed by atoms with E-state index >= 15 is 0 Å². The average Bonchev–Trinajstić information content (AvgIpc) is 2.59. The summed E-state index contributed by atoms with van der Waals surface area (Å²) in [6, 6.07) is 0. The molecule has 0 amide bonds. The first-order valence-electron chi connectivity index (χ1n) is 3.74. The Labute approximate surface area is 65.9 Å². The van der Waals surface area contributed by atoms with Gasteiger partial charge < -0.3 is 10.8 Å².